The Morgan fingerprint density at radius 2 is 1.67 bits per heavy atom. The third-order valence-corrected chi connectivity index (χ3v) is 5.28. The molecule has 1 aromatic carbocycles. The first-order valence-electron chi connectivity index (χ1n) is 9.91. The van der Waals surface area contributed by atoms with E-state index in [2.05, 4.69) is 49.7 Å². The molecule has 0 saturated heterocycles. The van der Waals surface area contributed by atoms with Crippen LogP contribution in [0.25, 0.3) is 11.3 Å². The molecule has 1 aromatic heterocycles. The molecular weight excluding hydrogens is 336 g/mol. The monoisotopic (exact) mass is 370 g/mol. The highest BCUT2D eigenvalue weighted by atomic mass is 16.5. The smallest absolute Gasteiger partial charge is 0.118 e. The molecule has 27 heavy (non-hydrogen) atoms. The fourth-order valence-corrected chi connectivity index (χ4v) is 3.74. The SMILES string of the molecule is CCCc1c(-c2ccc(OC)cc2)nnc(CC(C)(C)N(CC)CC)c1N. The third-order valence-electron chi connectivity index (χ3n) is 5.28. The van der Waals surface area contributed by atoms with E-state index in [4.69, 9.17) is 10.5 Å². The van der Waals surface area contributed by atoms with Crippen molar-refractivity contribution in [1.29, 1.82) is 0 Å². The molecule has 0 amide bonds. The van der Waals surface area contributed by atoms with Gasteiger partial charge in [-0.1, -0.05) is 27.2 Å². The Morgan fingerprint density at radius 3 is 2.19 bits per heavy atom. The zero-order chi connectivity index (χ0) is 20.0. The summed E-state index contributed by atoms with van der Waals surface area (Å²) < 4.78 is 5.26. The van der Waals surface area contributed by atoms with Crippen LogP contribution in [0.1, 0.15) is 52.3 Å². The Kier molecular flexibility index (Phi) is 7.19. The van der Waals surface area contributed by atoms with Crippen LogP contribution in [0, 0.1) is 0 Å². The summed E-state index contributed by atoms with van der Waals surface area (Å²) in [5, 5.41) is 9.13. The predicted molar refractivity (Wildman–Crippen MR) is 113 cm³/mol. The fourth-order valence-electron chi connectivity index (χ4n) is 3.74. The second kappa shape index (κ2) is 9.18. The van der Waals surface area contributed by atoms with E-state index in [9.17, 15) is 0 Å². The summed E-state index contributed by atoms with van der Waals surface area (Å²) in [4.78, 5) is 2.44. The molecule has 0 spiro atoms. The van der Waals surface area contributed by atoms with Crippen LogP contribution in [-0.2, 0) is 12.8 Å². The first-order chi connectivity index (χ1) is 12.9. The maximum Gasteiger partial charge on any atom is 0.118 e. The zero-order valence-corrected chi connectivity index (χ0v) is 17.7. The van der Waals surface area contributed by atoms with Gasteiger partial charge in [-0.3, -0.25) is 4.90 Å². The summed E-state index contributed by atoms with van der Waals surface area (Å²) in [5.41, 5.74) is 11.3. The van der Waals surface area contributed by atoms with E-state index >= 15 is 0 Å². The number of anilines is 1. The van der Waals surface area contributed by atoms with E-state index in [-0.39, 0.29) is 5.54 Å². The lowest BCUT2D eigenvalue weighted by molar-refractivity contribution is 0.134. The number of rotatable bonds is 9. The van der Waals surface area contributed by atoms with Crippen LogP contribution in [0.4, 0.5) is 5.69 Å². The van der Waals surface area contributed by atoms with Crippen LogP contribution in [0.2, 0.25) is 0 Å². The molecular formula is C22H34N4O. The summed E-state index contributed by atoms with van der Waals surface area (Å²) in [7, 11) is 1.67. The lowest BCUT2D eigenvalue weighted by Gasteiger charge is -2.37. The highest BCUT2D eigenvalue weighted by Crippen LogP contribution is 2.31. The predicted octanol–water partition coefficient (Wildman–Crippen LogP) is 4.35. The van der Waals surface area contributed by atoms with E-state index in [1.807, 2.05) is 24.3 Å². The van der Waals surface area contributed by atoms with Gasteiger partial charge in [-0.15, -0.1) is 5.10 Å². The van der Waals surface area contributed by atoms with Crippen molar-refractivity contribution in [2.24, 2.45) is 0 Å². The number of hydrogen-bond acceptors (Lipinski definition) is 5. The van der Waals surface area contributed by atoms with Gasteiger partial charge in [-0.25, -0.2) is 0 Å². The Labute approximate surface area is 163 Å². The maximum atomic E-state index is 6.61. The third kappa shape index (κ3) is 4.78. The fraction of sp³-hybridized carbons (Fsp3) is 0.545. The van der Waals surface area contributed by atoms with Crippen LogP contribution in [0.3, 0.4) is 0 Å². The van der Waals surface area contributed by atoms with Gasteiger partial charge < -0.3 is 10.5 Å². The maximum absolute atomic E-state index is 6.61. The number of methoxy groups -OCH3 is 1. The molecule has 0 unspecified atom stereocenters. The van der Waals surface area contributed by atoms with Crippen molar-refractivity contribution in [1.82, 2.24) is 15.1 Å². The molecule has 5 nitrogen and oxygen atoms in total. The van der Waals surface area contributed by atoms with Crippen molar-refractivity contribution in [2.75, 3.05) is 25.9 Å². The molecule has 148 valence electrons. The average molecular weight is 371 g/mol. The summed E-state index contributed by atoms with van der Waals surface area (Å²) >= 11 is 0. The van der Waals surface area contributed by atoms with Gasteiger partial charge in [-0.2, -0.15) is 5.10 Å². The van der Waals surface area contributed by atoms with E-state index in [0.29, 0.717) is 0 Å². The van der Waals surface area contributed by atoms with Gasteiger partial charge in [0.1, 0.15) is 5.75 Å². The van der Waals surface area contributed by atoms with Crippen LogP contribution >= 0.6 is 0 Å². The Morgan fingerprint density at radius 1 is 1.04 bits per heavy atom. The zero-order valence-electron chi connectivity index (χ0n) is 17.7. The standard InChI is InChI=1S/C22H34N4O/c1-7-10-18-20(23)19(15-22(4,5)26(8-2)9-3)24-25-21(18)16-11-13-17(27-6)14-12-16/h11-14H,7-10,15H2,1-6H3,(H2,23,25). The number of benzene rings is 1. The first-order valence-corrected chi connectivity index (χ1v) is 9.91. The summed E-state index contributed by atoms with van der Waals surface area (Å²) in [5.74, 6) is 0.828. The molecule has 5 heteroatoms. The number of ether oxygens (including phenoxy) is 1. The number of nitrogen functional groups attached to an aromatic ring is 1. The van der Waals surface area contributed by atoms with Crippen LogP contribution in [0.15, 0.2) is 24.3 Å². The summed E-state index contributed by atoms with van der Waals surface area (Å²) in [6.45, 7) is 13.0. The molecule has 1 heterocycles. The Hall–Kier alpha value is -2.14. The number of nitrogens with two attached hydrogens (primary N) is 1. The molecule has 2 aromatic rings. The normalized spacial score (nSPS) is 11.8. The van der Waals surface area contributed by atoms with Crippen LogP contribution < -0.4 is 10.5 Å². The minimum atomic E-state index is -0.0165. The van der Waals surface area contributed by atoms with Crippen molar-refractivity contribution in [3.05, 3.63) is 35.5 Å². The van der Waals surface area contributed by atoms with Crippen molar-refractivity contribution < 1.29 is 4.74 Å². The van der Waals surface area contributed by atoms with E-state index in [1.165, 1.54) is 0 Å². The Balaban J connectivity index is 2.43. The highest BCUT2D eigenvalue weighted by molar-refractivity contribution is 5.70. The average Bonchev–Trinajstić information content (AvgIpc) is 2.66. The van der Waals surface area contributed by atoms with Crippen molar-refractivity contribution in [2.45, 2.75) is 59.4 Å². The number of hydrogen-bond donors (Lipinski definition) is 1. The molecule has 2 N–H and O–H groups in total. The van der Waals surface area contributed by atoms with E-state index < -0.39 is 0 Å². The molecule has 0 aliphatic heterocycles. The molecule has 0 atom stereocenters. The first kappa shape index (κ1) is 21.2. The van der Waals surface area contributed by atoms with Gasteiger partial charge in [0.2, 0.25) is 0 Å². The topological polar surface area (TPSA) is 64.3 Å². The molecule has 0 aliphatic carbocycles. The van der Waals surface area contributed by atoms with Crippen molar-refractivity contribution in [3.63, 3.8) is 0 Å². The van der Waals surface area contributed by atoms with Crippen LogP contribution in [0.5, 0.6) is 5.75 Å². The molecule has 0 aliphatic rings. The second-order valence-corrected chi connectivity index (χ2v) is 7.53. The van der Waals surface area contributed by atoms with Crippen molar-refractivity contribution >= 4 is 5.69 Å². The van der Waals surface area contributed by atoms with Gasteiger partial charge in [0.25, 0.3) is 0 Å². The summed E-state index contributed by atoms with van der Waals surface area (Å²) in [6.07, 6.45) is 2.69. The van der Waals surface area contributed by atoms with Gasteiger partial charge in [0.15, 0.2) is 0 Å². The molecule has 2 rings (SSSR count). The lowest BCUT2D eigenvalue weighted by atomic mass is 9.92. The number of likely N-dealkylation sites (N-methyl/N-ethyl adjacent to an activating group) is 1. The largest absolute Gasteiger partial charge is 0.497 e. The number of nitrogens with zero attached hydrogens (tertiary/aromatic N) is 3. The quantitative estimate of drug-likeness (QED) is 0.711. The second-order valence-electron chi connectivity index (χ2n) is 7.53. The highest BCUT2D eigenvalue weighted by Gasteiger charge is 2.27. The van der Waals surface area contributed by atoms with Crippen LogP contribution in [-0.4, -0.2) is 40.8 Å². The Bertz CT molecular complexity index is 737. The molecule has 0 radical (unpaired) electrons. The van der Waals surface area contributed by atoms with E-state index in [0.717, 1.165) is 66.3 Å². The van der Waals surface area contributed by atoms with Crippen molar-refractivity contribution in [3.8, 4) is 17.0 Å². The van der Waals surface area contributed by atoms with Gasteiger partial charge >= 0.3 is 0 Å². The van der Waals surface area contributed by atoms with E-state index in [1.54, 1.807) is 7.11 Å². The van der Waals surface area contributed by atoms with Gasteiger partial charge in [0.05, 0.1) is 24.2 Å². The van der Waals surface area contributed by atoms with Gasteiger partial charge in [-0.05, 0) is 57.6 Å². The van der Waals surface area contributed by atoms with Gasteiger partial charge in [0, 0.05) is 23.1 Å². The lowest BCUT2D eigenvalue weighted by Crippen LogP contribution is -2.45. The minimum absolute atomic E-state index is 0.0165. The summed E-state index contributed by atoms with van der Waals surface area (Å²) in [6, 6.07) is 7.92. The minimum Gasteiger partial charge on any atom is -0.497 e. The molecule has 0 fully saturated rings. The molecule has 0 saturated carbocycles. The number of aromatic nitrogens is 2. The molecule has 0 bridgehead atoms.